The van der Waals surface area contributed by atoms with Crippen molar-refractivity contribution in [1.82, 2.24) is 4.98 Å². The molecule has 0 aliphatic carbocycles. The Morgan fingerprint density at radius 2 is 1.71 bits per heavy atom. The van der Waals surface area contributed by atoms with Crippen LogP contribution >= 0.6 is 0 Å². The SMILES string of the molecule is O=C1c2cccnc2[C@H](Nc2ccccc2F)N1c1ccccc1. The van der Waals surface area contributed by atoms with Crippen molar-refractivity contribution in [2.45, 2.75) is 6.17 Å². The van der Waals surface area contributed by atoms with Crippen LogP contribution in [0, 0.1) is 5.82 Å². The first-order valence-electron chi connectivity index (χ1n) is 7.60. The van der Waals surface area contributed by atoms with E-state index in [-0.39, 0.29) is 11.7 Å². The van der Waals surface area contributed by atoms with E-state index >= 15 is 0 Å². The summed E-state index contributed by atoms with van der Waals surface area (Å²) in [6.45, 7) is 0. The molecule has 1 amide bonds. The van der Waals surface area contributed by atoms with Gasteiger partial charge in [-0.1, -0.05) is 30.3 Å². The third kappa shape index (κ3) is 2.31. The molecule has 4 nitrogen and oxygen atoms in total. The second-order valence-corrected chi connectivity index (χ2v) is 5.47. The molecule has 118 valence electrons. The van der Waals surface area contributed by atoms with Gasteiger partial charge in [0.25, 0.3) is 5.91 Å². The Kier molecular flexibility index (Phi) is 3.46. The zero-order valence-corrected chi connectivity index (χ0v) is 12.7. The Labute approximate surface area is 138 Å². The van der Waals surface area contributed by atoms with Crippen LogP contribution in [0.4, 0.5) is 15.8 Å². The van der Waals surface area contributed by atoms with Gasteiger partial charge in [-0.05, 0) is 36.4 Å². The molecule has 0 radical (unpaired) electrons. The van der Waals surface area contributed by atoms with Gasteiger partial charge in [0.15, 0.2) is 6.17 Å². The topological polar surface area (TPSA) is 45.2 Å². The highest BCUT2D eigenvalue weighted by Gasteiger charge is 2.39. The Balaban J connectivity index is 1.81. The summed E-state index contributed by atoms with van der Waals surface area (Å²) in [6, 6.07) is 19.2. The number of nitrogens with zero attached hydrogens (tertiary/aromatic N) is 2. The molecular formula is C19H14FN3O. The standard InChI is InChI=1S/C19H14FN3O/c20-15-10-4-5-11-16(15)22-18-17-14(9-6-12-21-17)19(24)23(18)13-7-2-1-3-8-13/h1-12,18,22H/t18-/m1/s1. The smallest absolute Gasteiger partial charge is 0.262 e. The highest BCUT2D eigenvalue weighted by molar-refractivity contribution is 6.11. The number of carbonyl (C=O) groups is 1. The zero-order valence-electron chi connectivity index (χ0n) is 12.7. The molecule has 0 spiro atoms. The molecule has 4 rings (SSSR count). The van der Waals surface area contributed by atoms with Crippen LogP contribution in [0.15, 0.2) is 72.9 Å². The minimum atomic E-state index is -0.562. The number of hydrogen-bond acceptors (Lipinski definition) is 3. The van der Waals surface area contributed by atoms with E-state index in [2.05, 4.69) is 10.3 Å². The molecule has 1 atom stereocenters. The molecule has 5 heteroatoms. The summed E-state index contributed by atoms with van der Waals surface area (Å²) in [7, 11) is 0. The predicted octanol–water partition coefficient (Wildman–Crippen LogP) is 3.99. The number of rotatable bonds is 3. The highest BCUT2D eigenvalue weighted by Crippen LogP contribution is 2.37. The van der Waals surface area contributed by atoms with Gasteiger partial charge in [0.1, 0.15) is 5.82 Å². The Bertz CT molecular complexity index is 898. The van der Waals surface area contributed by atoms with Crippen molar-refractivity contribution in [2.24, 2.45) is 0 Å². The maximum atomic E-state index is 14.1. The maximum Gasteiger partial charge on any atom is 0.262 e. The third-order valence-electron chi connectivity index (χ3n) is 4.01. The lowest BCUT2D eigenvalue weighted by molar-refractivity contribution is 0.0993. The summed E-state index contributed by atoms with van der Waals surface area (Å²) in [5, 5.41) is 3.11. The zero-order chi connectivity index (χ0) is 16.5. The van der Waals surface area contributed by atoms with Crippen LogP contribution in [0.1, 0.15) is 22.2 Å². The van der Waals surface area contributed by atoms with Gasteiger partial charge in [0, 0.05) is 11.9 Å². The van der Waals surface area contributed by atoms with E-state index in [0.29, 0.717) is 16.9 Å². The van der Waals surface area contributed by atoms with Crippen molar-refractivity contribution in [3.63, 3.8) is 0 Å². The van der Waals surface area contributed by atoms with Gasteiger partial charge in [-0.15, -0.1) is 0 Å². The maximum absolute atomic E-state index is 14.1. The third-order valence-corrected chi connectivity index (χ3v) is 4.01. The number of para-hydroxylation sites is 2. The number of amides is 1. The molecule has 1 N–H and O–H groups in total. The fraction of sp³-hybridized carbons (Fsp3) is 0.0526. The number of carbonyl (C=O) groups excluding carboxylic acids is 1. The number of anilines is 2. The van der Waals surface area contributed by atoms with E-state index < -0.39 is 6.17 Å². The van der Waals surface area contributed by atoms with E-state index in [9.17, 15) is 9.18 Å². The normalized spacial score (nSPS) is 16.1. The van der Waals surface area contributed by atoms with Gasteiger partial charge in [-0.25, -0.2) is 4.39 Å². The summed E-state index contributed by atoms with van der Waals surface area (Å²) in [5.74, 6) is -0.527. The Hall–Kier alpha value is -3.21. The molecule has 2 heterocycles. The molecule has 0 fully saturated rings. The van der Waals surface area contributed by atoms with E-state index in [0.717, 1.165) is 5.69 Å². The van der Waals surface area contributed by atoms with Crippen LogP contribution in [0.2, 0.25) is 0 Å². The molecule has 1 aromatic heterocycles. The van der Waals surface area contributed by atoms with E-state index in [4.69, 9.17) is 0 Å². The monoisotopic (exact) mass is 319 g/mol. The van der Waals surface area contributed by atoms with E-state index in [1.165, 1.54) is 6.07 Å². The molecular weight excluding hydrogens is 305 g/mol. The molecule has 2 aromatic carbocycles. The van der Waals surface area contributed by atoms with Crippen LogP contribution in [0.3, 0.4) is 0 Å². The van der Waals surface area contributed by atoms with Gasteiger partial charge in [0.2, 0.25) is 0 Å². The molecule has 0 saturated carbocycles. The quantitative estimate of drug-likeness (QED) is 0.794. The van der Waals surface area contributed by atoms with Crippen LogP contribution in [0.25, 0.3) is 0 Å². The van der Waals surface area contributed by atoms with Gasteiger partial charge in [-0.2, -0.15) is 0 Å². The van der Waals surface area contributed by atoms with Crippen molar-refractivity contribution in [1.29, 1.82) is 0 Å². The molecule has 0 saturated heterocycles. The van der Waals surface area contributed by atoms with E-state index in [1.807, 2.05) is 30.3 Å². The van der Waals surface area contributed by atoms with Crippen LogP contribution < -0.4 is 10.2 Å². The van der Waals surface area contributed by atoms with E-state index in [1.54, 1.807) is 41.4 Å². The fourth-order valence-electron chi connectivity index (χ4n) is 2.90. The predicted molar refractivity (Wildman–Crippen MR) is 90.3 cm³/mol. The highest BCUT2D eigenvalue weighted by atomic mass is 19.1. The lowest BCUT2D eigenvalue weighted by Crippen LogP contribution is -2.32. The molecule has 24 heavy (non-hydrogen) atoms. The first-order chi connectivity index (χ1) is 11.8. The minimum absolute atomic E-state index is 0.155. The second kappa shape index (κ2) is 5.77. The number of benzene rings is 2. The van der Waals surface area contributed by atoms with Crippen LogP contribution in [-0.4, -0.2) is 10.9 Å². The summed E-state index contributed by atoms with van der Waals surface area (Å²) < 4.78 is 14.1. The molecule has 1 aliphatic rings. The molecule has 0 bridgehead atoms. The lowest BCUT2D eigenvalue weighted by Gasteiger charge is -2.26. The average molecular weight is 319 g/mol. The first-order valence-corrected chi connectivity index (χ1v) is 7.60. The fourth-order valence-corrected chi connectivity index (χ4v) is 2.90. The van der Waals surface area contributed by atoms with Gasteiger partial charge in [-0.3, -0.25) is 14.7 Å². The van der Waals surface area contributed by atoms with Crippen molar-refractivity contribution >= 4 is 17.3 Å². The van der Waals surface area contributed by atoms with Gasteiger partial charge in [0.05, 0.1) is 16.9 Å². The second-order valence-electron chi connectivity index (χ2n) is 5.47. The Morgan fingerprint density at radius 3 is 2.50 bits per heavy atom. The van der Waals surface area contributed by atoms with Crippen LogP contribution in [0.5, 0.6) is 0 Å². The number of pyridine rings is 1. The van der Waals surface area contributed by atoms with Crippen molar-refractivity contribution in [3.05, 3.63) is 90.0 Å². The average Bonchev–Trinajstić information content (AvgIpc) is 2.90. The first kappa shape index (κ1) is 14.4. The number of hydrogen-bond donors (Lipinski definition) is 1. The van der Waals surface area contributed by atoms with Crippen molar-refractivity contribution in [3.8, 4) is 0 Å². The van der Waals surface area contributed by atoms with Crippen LogP contribution in [-0.2, 0) is 0 Å². The lowest BCUT2D eigenvalue weighted by atomic mass is 10.2. The number of halogens is 1. The largest absolute Gasteiger partial charge is 0.357 e. The number of fused-ring (bicyclic) bond motifs is 1. The summed E-state index contributed by atoms with van der Waals surface area (Å²) >= 11 is 0. The van der Waals surface area contributed by atoms with Crippen molar-refractivity contribution in [2.75, 3.05) is 10.2 Å². The van der Waals surface area contributed by atoms with Gasteiger partial charge >= 0.3 is 0 Å². The molecule has 1 aliphatic heterocycles. The van der Waals surface area contributed by atoms with Gasteiger partial charge < -0.3 is 5.32 Å². The van der Waals surface area contributed by atoms with Crippen molar-refractivity contribution < 1.29 is 9.18 Å². The molecule has 0 unspecified atom stereocenters. The summed E-state index contributed by atoms with van der Waals surface area (Å²) in [5.41, 5.74) is 2.17. The number of nitrogens with one attached hydrogen (secondary N) is 1. The summed E-state index contributed by atoms with van der Waals surface area (Å²) in [4.78, 5) is 18.8. The number of aromatic nitrogens is 1. The molecule has 3 aromatic rings. The minimum Gasteiger partial charge on any atom is -0.357 e. The summed E-state index contributed by atoms with van der Waals surface area (Å²) in [6.07, 6.45) is 1.07. The Morgan fingerprint density at radius 1 is 0.958 bits per heavy atom.